The van der Waals surface area contributed by atoms with E-state index in [1.807, 2.05) is 6.07 Å². The molecule has 0 radical (unpaired) electrons. The van der Waals surface area contributed by atoms with Crippen LogP contribution in [0.1, 0.15) is 23.1 Å². The van der Waals surface area contributed by atoms with Gasteiger partial charge in [-0.15, -0.1) is 0 Å². The predicted octanol–water partition coefficient (Wildman–Crippen LogP) is 1.68. The molecule has 1 aromatic carbocycles. The van der Waals surface area contributed by atoms with E-state index < -0.39 is 10.0 Å². The smallest absolute Gasteiger partial charge is 0.267 e. The van der Waals surface area contributed by atoms with Crippen LogP contribution in [0.15, 0.2) is 59.9 Å². The topological polar surface area (TPSA) is 79.8 Å². The van der Waals surface area contributed by atoms with Gasteiger partial charge in [-0.2, -0.15) is 0 Å². The summed E-state index contributed by atoms with van der Waals surface area (Å²) in [5, 5.41) is 3.36. The van der Waals surface area contributed by atoms with Crippen LogP contribution in [-0.4, -0.2) is 28.9 Å². The van der Waals surface area contributed by atoms with Gasteiger partial charge in [0.1, 0.15) is 0 Å². The number of rotatable bonds is 3. The molecule has 0 saturated carbocycles. The second-order valence-electron chi connectivity index (χ2n) is 5.45. The lowest BCUT2D eigenvalue weighted by Crippen LogP contribution is -2.33. The number of nitrogens with one attached hydrogen (secondary N) is 2. The van der Waals surface area contributed by atoms with Crippen LogP contribution in [0, 0.1) is 0 Å². The zero-order chi connectivity index (χ0) is 15.9. The number of H-pyrrole nitrogens is 1. The summed E-state index contributed by atoms with van der Waals surface area (Å²) in [4.78, 5) is 7.77. The molecule has 1 aliphatic heterocycles. The summed E-state index contributed by atoms with van der Waals surface area (Å²) in [6.45, 7) is 0.774. The van der Waals surface area contributed by atoms with Gasteiger partial charge in [-0.05, 0) is 24.3 Å². The summed E-state index contributed by atoms with van der Waals surface area (Å²) in [6.07, 6.45) is 4.10. The molecule has 3 heterocycles. The predicted molar refractivity (Wildman–Crippen MR) is 85.6 cm³/mol. The normalized spacial score (nSPS) is 17.8. The number of hydrogen-bond acceptors (Lipinski definition) is 4. The van der Waals surface area contributed by atoms with Crippen molar-refractivity contribution in [3.63, 3.8) is 0 Å². The molecule has 0 amide bonds. The Balaban J connectivity index is 1.82. The molecule has 0 saturated heterocycles. The molecular weight excluding hydrogens is 312 g/mol. The van der Waals surface area contributed by atoms with Gasteiger partial charge in [-0.1, -0.05) is 18.2 Å². The molecule has 0 fully saturated rings. The van der Waals surface area contributed by atoms with Gasteiger partial charge < -0.3 is 10.3 Å². The Hall–Kier alpha value is -2.38. The van der Waals surface area contributed by atoms with Gasteiger partial charge in [-0.25, -0.2) is 17.4 Å². The van der Waals surface area contributed by atoms with E-state index in [2.05, 4.69) is 15.3 Å². The maximum Gasteiger partial charge on any atom is 0.267 e. The van der Waals surface area contributed by atoms with Gasteiger partial charge >= 0.3 is 0 Å². The van der Waals surface area contributed by atoms with Crippen LogP contribution < -0.4 is 5.32 Å². The molecule has 2 aromatic heterocycles. The summed E-state index contributed by atoms with van der Waals surface area (Å²) in [7, 11) is -3.62. The van der Waals surface area contributed by atoms with E-state index in [4.69, 9.17) is 0 Å². The maximum atomic E-state index is 12.9. The molecule has 1 aliphatic rings. The van der Waals surface area contributed by atoms with E-state index in [0.29, 0.717) is 5.69 Å². The van der Waals surface area contributed by atoms with Crippen molar-refractivity contribution >= 4 is 10.0 Å². The van der Waals surface area contributed by atoms with Crippen LogP contribution in [0.4, 0.5) is 0 Å². The molecule has 118 valence electrons. The van der Waals surface area contributed by atoms with Gasteiger partial charge in [0.15, 0.2) is 0 Å². The quantitative estimate of drug-likeness (QED) is 0.767. The largest absolute Gasteiger partial charge is 0.348 e. The third-order valence-electron chi connectivity index (χ3n) is 4.09. The second kappa shape index (κ2) is 5.36. The first-order valence-electron chi connectivity index (χ1n) is 7.41. The van der Waals surface area contributed by atoms with Crippen molar-refractivity contribution in [2.75, 3.05) is 6.54 Å². The molecule has 6 nitrogen and oxygen atoms in total. The maximum absolute atomic E-state index is 12.9. The molecule has 0 spiro atoms. The van der Waals surface area contributed by atoms with Crippen molar-refractivity contribution in [3.05, 3.63) is 72.1 Å². The Morgan fingerprint density at radius 2 is 1.96 bits per heavy atom. The Morgan fingerprint density at radius 3 is 2.78 bits per heavy atom. The Morgan fingerprint density at radius 1 is 1.13 bits per heavy atom. The molecule has 23 heavy (non-hydrogen) atoms. The molecule has 2 N–H and O–H groups in total. The minimum Gasteiger partial charge on any atom is -0.348 e. The molecular formula is C16H16N4O2S. The lowest BCUT2D eigenvalue weighted by Gasteiger charge is -2.24. The van der Waals surface area contributed by atoms with Gasteiger partial charge in [0.25, 0.3) is 10.0 Å². The van der Waals surface area contributed by atoms with Gasteiger partial charge in [-0.3, -0.25) is 0 Å². The van der Waals surface area contributed by atoms with Gasteiger partial charge in [0.05, 0.1) is 28.7 Å². The average Bonchev–Trinajstić information content (AvgIpc) is 3.24. The van der Waals surface area contributed by atoms with Gasteiger partial charge in [0.2, 0.25) is 0 Å². The number of hydrogen-bond donors (Lipinski definition) is 2. The molecule has 1 atom stereocenters. The van der Waals surface area contributed by atoms with Crippen LogP contribution in [0.2, 0.25) is 0 Å². The standard InChI is InChI=1S/C16H16N4O2S/c21-23(22,12-5-2-1-3-6-12)20-10-4-7-14(20)16-15-13(8-9-17-16)18-11-19-15/h1-7,10-11,16-17H,8-9H2,(H,18,19). The van der Waals surface area contributed by atoms with Crippen molar-refractivity contribution in [2.24, 2.45) is 0 Å². The summed E-state index contributed by atoms with van der Waals surface area (Å²) in [6, 6.07) is 11.8. The van der Waals surface area contributed by atoms with Crippen LogP contribution >= 0.6 is 0 Å². The number of aromatic amines is 1. The van der Waals surface area contributed by atoms with Crippen molar-refractivity contribution in [1.82, 2.24) is 19.3 Å². The van der Waals surface area contributed by atoms with Crippen LogP contribution in [0.25, 0.3) is 0 Å². The summed E-state index contributed by atoms with van der Waals surface area (Å²) < 4.78 is 27.2. The Kier molecular flexibility index (Phi) is 3.32. The lowest BCUT2D eigenvalue weighted by molar-refractivity contribution is 0.532. The summed E-state index contributed by atoms with van der Waals surface area (Å²) in [5.74, 6) is 0. The fourth-order valence-corrected chi connectivity index (χ4v) is 4.39. The Labute approximate surface area is 134 Å². The first-order valence-corrected chi connectivity index (χ1v) is 8.85. The fourth-order valence-electron chi connectivity index (χ4n) is 2.99. The summed E-state index contributed by atoms with van der Waals surface area (Å²) >= 11 is 0. The monoisotopic (exact) mass is 328 g/mol. The molecule has 4 rings (SSSR count). The van der Waals surface area contributed by atoms with E-state index in [1.165, 1.54) is 3.97 Å². The zero-order valence-electron chi connectivity index (χ0n) is 12.3. The van der Waals surface area contributed by atoms with Crippen LogP contribution in [0.5, 0.6) is 0 Å². The number of aromatic nitrogens is 3. The lowest BCUT2D eigenvalue weighted by atomic mass is 10.0. The SMILES string of the molecule is O=S(=O)(c1ccccc1)n1cccc1C1NCCc2[nH]cnc21. The van der Waals surface area contributed by atoms with Crippen molar-refractivity contribution in [2.45, 2.75) is 17.4 Å². The highest BCUT2D eigenvalue weighted by molar-refractivity contribution is 7.90. The molecule has 1 unspecified atom stereocenters. The van der Waals surface area contributed by atoms with E-state index in [1.54, 1.807) is 48.9 Å². The van der Waals surface area contributed by atoms with E-state index in [9.17, 15) is 8.42 Å². The van der Waals surface area contributed by atoms with Gasteiger partial charge in [0, 0.05) is 24.9 Å². The highest BCUT2D eigenvalue weighted by Crippen LogP contribution is 2.28. The number of imidazole rings is 1. The van der Waals surface area contributed by atoms with Crippen LogP contribution in [0.3, 0.4) is 0 Å². The molecule has 3 aromatic rings. The first kappa shape index (κ1) is 14.2. The first-order chi connectivity index (χ1) is 11.2. The molecule has 0 bridgehead atoms. The number of nitrogens with zero attached hydrogens (tertiary/aromatic N) is 2. The number of benzene rings is 1. The molecule has 0 aliphatic carbocycles. The van der Waals surface area contributed by atoms with Crippen molar-refractivity contribution < 1.29 is 8.42 Å². The third-order valence-corrected chi connectivity index (χ3v) is 5.81. The zero-order valence-corrected chi connectivity index (χ0v) is 13.1. The third kappa shape index (κ3) is 2.29. The highest BCUT2D eigenvalue weighted by atomic mass is 32.2. The number of fused-ring (bicyclic) bond motifs is 1. The van der Waals surface area contributed by atoms with E-state index >= 15 is 0 Å². The van der Waals surface area contributed by atoms with Crippen LogP contribution in [-0.2, 0) is 16.4 Å². The molecule has 7 heteroatoms. The fraction of sp³-hybridized carbons (Fsp3) is 0.188. The minimum absolute atomic E-state index is 0.238. The van der Waals surface area contributed by atoms with E-state index in [0.717, 1.165) is 24.4 Å². The second-order valence-corrected chi connectivity index (χ2v) is 7.27. The van der Waals surface area contributed by atoms with Crippen molar-refractivity contribution in [1.29, 1.82) is 0 Å². The van der Waals surface area contributed by atoms with Crippen molar-refractivity contribution in [3.8, 4) is 0 Å². The minimum atomic E-state index is -3.62. The average molecular weight is 328 g/mol. The summed E-state index contributed by atoms with van der Waals surface area (Å²) in [5.41, 5.74) is 2.58. The Bertz CT molecular complexity index is 928. The highest BCUT2D eigenvalue weighted by Gasteiger charge is 2.29. The van der Waals surface area contributed by atoms with E-state index in [-0.39, 0.29) is 10.9 Å².